The maximum Gasteiger partial charge on any atom is 0.257 e. The summed E-state index contributed by atoms with van der Waals surface area (Å²) in [5.74, 6) is -0.0760. The number of piperazine rings is 1. The van der Waals surface area contributed by atoms with Gasteiger partial charge in [-0.05, 0) is 50.2 Å². The van der Waals surface area contributed by atoms with Crippen LogP contribution in [-0.2, 0) is 0 Å². The molecule has 1 fully saturated rings. The van der Waals surface area contributed by atoms with E-state index < -0.39 is 11.7 Å². The molecular formula is C22H24ClFN2O4. The molecular weight excluding hydrogens is 411 g/mol. The number of hydrogen-bond acceptors (Lipinski definition) is 4. The SMILES string of the molecule is CCOc1ccc(C(=O)N2CCN(C(=O)c3cc(Cl)ccc3F)CC2)cc1OCC. The van der Waals surface area contributed by atoms with Crippen LogP contribution in [0.1, 0.15) is 34.6 Å². The van der Waals surface area contributed by atoms with E-state index in [4.69, 9.17) is 21.1 Å². The van der Waals surface area contributed by atoms with E-state index in [1.165, 1.54) is 23.1 Å². The molecule has 1 heterocycles. The lowest BCUT2D eigenvalue weighted by atomic mass is 10.1. The van der Waals surface area contributed by atoms with Gasteiger partial charge in [0.1, 0.15) is 5.82 Å². The normalized spacial score (nSPS) is 13.9. The van der Waals surface area contributed by atoms with Crippen molar-refractivity contribution in [3.63, 3.8) is 0 Å². The van der Waals surface area contributed by atoms with Crippen LogP contribution in [0.15, 0.2) is 36.4 Å². The van der Waals surface area contributed by atoms with Crippen molar-refractivity contribution in [1.82, 2.24) is 9.80 Å². The molecule has 2 aromatic rings. The fourth-order valence-electron chi connectivity index (χ4n) is 3.31. The Hall–Kier alpha value is -2.80. The molecule has 1 aliphatic heterocycles. The zero-order chi connectivity index (χ0) is 21.7. The third-order valence-corrected chi connectivity index (χ3v) is 5.04. The number of benzene rings is 2. The van der Waals surface area contributed by atoms with Crippen LogP contribution >= 0.6 is 11.6 Å². The predicted octanol–water partition coefficient (Wildman–Crippen LogP) is 3.87. The summed E-state index contributed by atoms with van der Waals surface area (Å²) in [6.07, 6.45) is 0. The summed E-state index contributed by atoms with van der Waals surface area (Å²) in [5, 5.41) is 0.300. The Balaban J connectivity index is 1.67. The minimum atomic E-state index is -0.610. The Morgan fingerprint density at radius 2 is 1.50 bits per heavy atom. The average Bonchev–Trinajstić information content (AvgIpc) is 2.76. The summed E-state index contributed by atoms with van der Waals surface area (Å²) in [7, 11) is 0. The lowest BCUT2D eigenvalue weighted by Crippen LogP contribution is -2.50. The number of nitrogens with zero attached hydrogens (tertiary/aromatic N) is 2. The minimum Gasteiger partial charge on any atom is -0.490 e. The highest BCUT2D eigenvalue weighted by atomic mass is 35.5. The topological polar surface area (TPSA) is 59.1 Å². The van der Waals surface area contributed by atoms with E-state index in [1.807, 2.05) is 13.8 Å². The zero-order valence-corrected chi connectivity index (χ0v) is 17.7. The van der Waals surface area contributed by atoms with Crippen LogP contribution < -0.4 is 9.47 Å². The van der Waals surface area contributed by atoms with Crippen molar-refractivity contribution in [3.8, 4) is 11.5 Å². The molecule has 0 radical (unpaired) electrons. The molecule has 0 N–H and O–H groups in total. The molecule has 2 aromatic carbocycles. The van der Waals surface area contributed by atoms with Crippen molar-refractivity contribution < 1.29 is 23.5 Å². The molecule has 1 saturated heterocycles. The Morgan fingerprint density at radius 3 is 2.13 bits per heavy atom. The first-order valence-corrected chi connectivity index (χ1v) is 10.3. The van der Waals surface area contributed by atoms with Gasteiger partial charge in [0.15, 0.2) is 11.5 Å². The Kier molecular flexibility index (Phi) is 7.15. The highest BCUT2D eigenvalue weighted by molar-refractivity contribution is 6.31. The molecule has 6 nitrogen and oxygen atoms in total. The summed E-state index contributed by atoms with van der Waals surface area (Å²) >= 11 is 5.89. The van der Waals surface area contributed by atoms with E-state index in [0.29, 0.717) is 61.5 Å². The van der Waals surface area contributed by atoms with Crippen LogP contribution in [0.3, 0.4) is 0 Å². The lowest BCUT2D eigenvalue weighted by molar-refractivity contribution is 0.0532. The van der Waals surface area contributed by atoms with Crippen LogP contribution in [0.4, 0.5) is 4.39 Å². The van der Waals surface area contributed by atoms with Crippen LogP contribution in [-0.4, -0.2) is 61.0 Å². The lowest BCUT2D eigenvalue weighted by Gasteiger charge is -2.35. The Morgan fingerprint density at radius 1 is 0.900 bits per heavy atom. The number of hydrogen-bond donors (Lipinski definition) is 0. The van der Waals surface area contributed by atoms with E-state index in [-0.39, 0.29) is 11.5 Å². The number of halogens is 2. The van der Waals surface area contributed by atoms with Gasteiger partial charge in [0, 0.05) is 36.8 Å². The van der Waals surface area contributed by atoms with Crippen molar-refractivity contribution >= 4 is 23.4 Å². The van der Waals surface area contributed by atoms with E-state index in [1.54, 1.807) is 23.1 Å². The molecule has 0 atom stereocenters. The summed E-state index contributed by atoms with van der Waals surface area (Å²) in [4.78, 5) is 28.7. The molecule has 0 aromatic heterocycles. The highest BCUT2D eigenvalue weighted by Gasteiger charge is 2.27. The minimum absolute atomic E-state index is 0.0601. The third-order valence-electron chi connectivity index (χ3n) is 4.80. The standard InChI is InChI=1S/C22H24ClFN2O4/c1-3-29-19-8-5-15(13-20(19)30-4-2)21(27)25-9-11-26(12-10-25)22(28)17-14-16(23)6-7-18(17)24/h5-8,13-14H,3-4,9-12H2,1-2H3. The summed E-state index contributed by atoms with van der Waals surface area (Å²) in [5.41, 5.74) is 0.428. The molecule has 0 saturated carbocycles. The number of carbonyl (C=O) groups excluding carboxylic acids is 2. The van der Waals surface area contributed by atoms with Gasteiger partial charge >= 0.3 is 0 Å². The van der Waals surface area contributed by atoms with Crippen LogP contribution in [0.5, 0.6) is 11.5 Å². The van der Waals surface area contributed by atoms with Gasteiger partial charge < -0.3 is 19.3 Å². The van der Waals surface area contributed by atoms with Crippen molar-refractivity contribution in [2.75, 3.05) is 39.4 Å². The first-order chi connectivity index (χ1) is 14.4. The quantitative estimate of drug-likeness (QED) is 0.692. The summed E-state index contributed by atoms with van der Waals surface area (Å²) in [6.45, 7) is 6.02. The van der Waals surface area contributed by atoms with Gasteiger partial charge in [0.2, 0.25) is 0 Å². The fourth-order valence-corrected chi connectivity index (χ4v) is 3.48. The second-order valence-corrected chi connectivity index (χ2v) is 7.17. The predicted molar refractivity (Wildman–Crippen MR) is 112 cm³/mol. The Labute approximate surface area is 180 Å². The van der Waals surface area contributed by atoms with Gasteiger partial charge in [0.25, 0.3) is 11.8 Å². The fraction of sp³-hybridized carbons (Fsp3) is 0.364. The largest absolute Gasteiger partial charge is 0.490 e. The molecule has 2 amide bonds. The molecule has 8 heteroatoms. The second-order valence-electron chi connectivity index (χ2n) is 6.74. The van der Waals surface area contributed by atoms with E-state index in [2.05, 4.69) is 0 Å². The number of ether oxygens (including phenoxy) is 2. The molecule has 0 unspecified atom stereocenters. The maximum atomic E-state index is 14.0. The van der Waals surface area contributed by atoms with Crippen molar-refractivity contribution in [3.05, 3.63) is 58.4 Å². The monoisotopic (exact) mass is 434 g/mol. The summed E-state index contributed by atoms with van der Waals surface area (Å²) < 4.78 is 25.1. The molecule has 0 aliphatic carbocycles. The molecule has 0 bridgehead atoms. The molecule has 3 rings (SSSR count). The highest BCUT2D eigenvalue weighted by Crippen LogP contribution is 2.29. The van der Waals surface area contributed by atoms with E-state index in [9.17, 15) is 14.0 Å². The molecule has 160 valence electrons. The maximum absolute atomic E-state index is 14.0. The van der Waals surface area contributed by atoms with Gasteiger partial charge in [-0.1, -0.05) is 11.6 Å². The number of rotatable bonds is 6. The van der Waals surface area contributed by atoms with Gasteiger partial charge in [0.05, 0.1) is 18.8 Å². The zero-order valence-electron chi connectivity index (χ0n) is 17.0. The average molecular weight is 435 g/mol. The molecule has 30 heavy (non-hydrogen) atoms. The van der Waals surface area contributed by atoms with Crippen LogP contribution in [0, 0.1) is 5.82 Å². The van der Waals surface area contributed by atoms with Crippen molar-refractivity contribution in [2.45, 2.75) is 13.8 Å². The summed E-state index contributed by atoms with van der Waals surface area (Å²) in [6, 6.07) is 9.01. The Bertz CT molecular complexity index is 929. The van der Waals surface area contributed by atoms with Crippen LogP contribution in [0.2, 0.25) is 5.02 Å². The second kappa shape index (κ2) is 9.80. The van der Waals surface area contributed by atoms with E-state index in [0.717, 1.165) is 0 Å². The van der Waals surface area contributed by atoms with Crippen molar-refractivity contribution in [1.29, 1.82) is 0 Å². The molecule has 0 spiro atoms. The van der Waals surface area contributed by atoms with Crippen LogP contribution in [0.25, 0.3) is 0 Å². The smallest absolute Gasteiger partial charge is 0.257 e. The van der Waals surface area contributed by atoms with Crippen molar-refractivity contribution in [2.24, 2.45) is 0 Å². The molecule has 1 aliphatic rings. The number of amides is 2. The third kappa shape index (κ3) is 4.84. The van der Waals surface area contributed by atoms with E-state index >= 15 is 0 Å². The van der Waals surface area contributed by atoms with Gasteiger partial charge in [-0.25, -0.2) is 4.39 Å². The van der Waals surface area contributed by atoms with Gasteiger partial charge in [-0.15, -0.1) is 0 Å². The van der Waals surface area contributed by atoms with Gasteiger partial charge in [-0.3, -0.25) is 9.59 Å². The van der Waals surface area contributed by atoms with Gasteiger partial charge in [-0.2, -0.15) is 0 Å². The number of carbonyl (C=O) groups is 2. The first kappa shape index (κ1) is 21.9. The first-order valence-electron chi connectivity index (χ1n) is 9.87.